The molecule has 2 aromatic rings. The van der Waals surface area contributed by atoms with Crippen molar-refractivity contribution in [1.82, 2.24) is 0 Å². The Labute approximate surface area is 100 Å². The van der Waals surface area contributed by atoms with Crippen molar-refractivity contribution >= 4 is 16.9 Å². The summed E-state index contributed by atoms with van der Waals surface area (Å²) in [5.41, 5.74) is 4.06. The van der Waals surface area contributed by atoms with Crippen LogP contribution in [0, 0.1) is 20.8 Å². The molecule has 1 aromatic heterocycles. The first kappa shape index (κ1) is 11.7. The Morgan fingerprint density at radius 3 is 2.65 bits per heavy atom. The SMILES string of the molecule is COC(=O)Cc1c(C)oc2c(C)cc(C)cc12. The monoisotopic (exact) mass is 232 g/mol. The molecule has 17 heavy (non-hydrogen) atoms. The molecule has 2 rings (SSSR count). The molecule has 90 valence electrons. The largest absolute Gasteiger partial charge is 0.469 e. The molecular formula is C14H16O3. The molecule has 0 fully saturated rings. The van der Waals surface area contributed by atoms with Crippen LogP contribution in [0.15, 0.2) is 16.5 Å². The maximum absolute atomic E-state index is 11.4. The molecular weight excluding hydrogens is 216 g/mol. The number of furan rings is 1. The first-order chi connectivity index (χ1) is 8.02. The Hall–Kier alpha value is -1.77. The van der Waals surface area contributed by atoms with E-state index in [1.165, 1.54) is 12.7 Å². The van der Waals surface area contributed by atoms with Gasteiger partial charge >= 0.3 is 5.97 Å². The summed E-state index contributed by atoms with van der Waals surface area (Å²) in [4.78, 5) is 11.4. The van der Waals surface area contributed by atoms with Crippen molar-refractivity contribution in [3.05, 3.63) is 34.6 Å². The van der Waals surface area contributed by atoms with E-state index in [0.717, 1.165) is 27.9 Å². The summed E-state index contributed by atoms with van der Waals surface area (Å²) >= 11 is 0. The minimum Gasteiger partial charge on any atom is -0.469 e. The van der Waals surface area contributed by atoms with Gasteiger partial charge in [-0.05, 0) is 38.0 Å². The van der Waals surface area contributed by atoms with Gasteiger partial charge in [-0.25, -0.2) is 0 Å². The molecule has 0 aliphatic heterocycles. The fourth-order valence-electron chi connectivity index (χ4n) is 2.15. The van der Waals surface area contributed by atoms with Crippen molar-refractivity contribution < 1.29 is 13.9 Å². The Kier molecular flexibility index (Phi) is 2.92. The average molecular weight is 232 g/mol. The van der Waals surface area contributed by atoms with E-state index in [2.05, 4.69) is 12.1 Å². The van der Waals surface area contributed by atoms with Crippen LogP contribution in [-0.2, 0) is 16.0 Å². The summed E-state index contributed by atoms with van der Waals surface area (Å²) < 4.78 is 10.4. The fraction of sp³-hybridized carbons (Fsp3) is 0.357. The highest BCUT2D eigenvalue weighted by molar-refractivity contribution is 5.89. The van der Waals surface area contributed by atoms with Crippen molar-refractivity contribution in [3.63, 3.8) is 0 Å². The van der Waals surface area contributed by atoms with E-state index in [4.69, 9.17) is 9.15 Å². The Balaban J connectivity index is 2.62. The third kappa shape index (κ3) is 2.05. The molecule has 0 atom stereocenters. The molecule has 0 saturated heterocycles. The molecule has 0 aliphatic carbocycles. The van der Waals surface area contributed by atoms with Crippen LogP contribution < -0.4 is 0 Å². The minimum atomic E-state index is -0.241. The molecule has 1 aromatic carbocycles. The smallest absolute Gasteiger partial charge is 0.310 e. The second kappa shape index (κ2) is 4.24. The predicted octanol–water partition coefficient (Wildman–Crippen LogP) is 3.07. The van der Waals surface area contributed by atoms with Gasteiger partial charge in [0.15, 0.2) is 0 Å². The van der Waals surface area contributed by atoms with Crippen molar-refractivity contribution in [2.75, 3.05) is 7.11 Å². The van der Waals surface area contributed by atoms with Gasteiger partial charge in [0.1, 0.15) is 11.3 Å². The highest BCUT2D eigenvalue weighted by atomic mass is 16.5. The number of hydrogen-bond acceptors (Lipinski definition) is 3. The van der Waals surface area contributed by atoms with Gasteiger partial charge in [0, 0.05) is 10.9 Å². The zero-order valence-corrected chi connectivity index (χ0v) is 10.6. The highest BCUT2D eigenvalue weighted by Gasteiger charge is 2.16. The average Bonchev–Trinajstić information content (AvgIpc) is 2.57. The second-order valence-corrected chi connectivity index (χ2v) is 4.35. The quantitative estimate of drug-likeness (QED) is 0.747. The Bertz CT molecular complexity index is 579. The summed E-state index contributed by atoms with van der Waals surface area (Å²) in [7, 11) is 1.40. The van der Waals surface area contributed by atoms with E-state index in [0.29, 0.717) is 0 Å². The van der Waals surface area contributed by atoms with Crippen LogP contribution in [0.2, 0.25) is 0 Å². The van der Waals surface area contributed by atoms with Crippen LogP contribution in [0.4, 0.5) is 0 Å². The van der Waals surface area contributed by atoms with Crippen molar-refractivity contribution in [2.24, 2.45) is 0 Å². The summed E-state index contributed by atoms with van der Waals surface area (Å²) in [5, 5.41) is 1.02. The molecule has 0 aliphatic rings. The van der Waals surface area contributed by atoms with Gasteiger partial charge in [-0.1, -0.05) is 6.07 Å². The molecule has 0 spiro atoms. The number of carbonyl (C=O) groups is 1. The van der Waals surface area contributed by atoms with Crippen molar-refractivity contribution in [1.29, 1.82) is 0 Å². The van der Waals surface area contributed by atoms with Crippen LogP contribution in [-0.4, -0.2) is 13.1 Å². The summed E-state index contributed by atoms with van der Waals surface area (Å²) in [6, 6.07) is 4.13. The fourth-order valence-corrected chi connectivity index (χ4v) is 2.15. The van der Waals surface area contributed by atoms with E-state index in [1.807, 2.05) is 20.8 Å². The lowest BCUT2D eigenvalue weighted by atomic mass is 10.0. The third-order valence-corrected chi connectivity index (χ3v) is 2.97. The van der Waals surface area contributed by atoms with Crippen LogP contribution in [0.5, 0.6) is 0 Å². The molecule has 3 nitrogen and oxygen atoms in total. The van der Waals surface area contributed by atoms with Crippen LogP contribution >= 0.6 is 0 Å². The molecule has 0 amide bonds. The number of aryl methyl sites for hydroxylation is 3. The van der Waals surface area contributed by atoms with E-state index < -0.39 is 0 Å². The Morgan fingerprint density at radius 1 is 1.29 bits per heavy atom. The third-order valence-electron chi connectivity index (χ3n) is 2.97. The van der Waals surface area contributed by atoms with E-state index in [-0.39, 0.29) is 12.4 Å². The van der Waals surface area contributed by atoms with Gasteiger partial charge in [0.25, 0.3) is 0 Å². The lowest BCUT2D eigenvalue weighted by molar-refractivity contribution is -0.139. The maximum Gasteiger partial charge on any atom is 0.310 e. The topological polar surface area (TPSA) is 39.4 Å². The lowest BCUT2D eigenvalue weighted by Crippen LogP contribution is -2.04. The number of esters is 1. The first-order valence-electron chi connectivity index (χ1n) is 5.59. The summed E-state index contributed by atoms with van der Waals surface area (Å²) in [6.45, 7) is 5.93. The molecule has 3 heteroatoms. The normalized spacial score (nSPS) is 10.8. The van der Waals surface area contributed by atoms with Gasteiger partial charge in [0.2, 0.25) is 0 Å². The maximum atomic E-state index is 11.4. The summed E-state index contributed by atoms with van der Waals surface area (Å²) in [5.74, 6) is 0.550. The van der Waals surface area contributed by atoms with E-state index in [1.54, 1.807) is 0 Å². The number of hydrogen-bond donors (Lipinski definition) is 0. The molecule has 0 bridgehead atoms. The summed E-state index contributed by atoms with van der Waals surface area (Å²) in [6.07, 6.45) is 0.262. The van der Waals surface area contributed by atoms with Crippen LogP contribution in [0.3, 0.4) is 0 Å². The van der Waals surface area contributed by atoms with Gasteiger partial charge in [-0.15, -0.1) is 0 Å². The van der Waals surface area contributed by atoms with Crippen molar-refractivity contribution in [3.8, 4) is 0 Å². The van der Waals surface area contributed by atoms with E-state index in [9.17, 15) is 4.79 Å². The van der Waals surface area contributed by atoms with Gasteiger partial charge < -0.3 is 9.15 Å². The molecule has 1 heterocycles. The van der Waals surface area contributed by atoms with Crippen LogP contribution in [0.1, 0.15) is 22.5 Å². The predicted molar refractivity (Wildman–Crippen MR) is 66.1 cm³/mol. The van der Waals surface area contributed by atoms with E-state index >= 15 is 0 Å². The minimum absolute atomic E-state index is 0.241. The second-order valence-electron chi connectivity index (χ2n) is 4.35. The first-order valence-corrected chi connectivity index (χ1v) is 5.59. The number of carbonyl (C=O) groups excluding carboxylic acids is 1. The zero-order valence-electron chi connectivity index (χ0n) is 10.6. The highest BCUT2D eigenvalue weighted by Crippen LogP contribution is 2.29. The molecule has 0 N–H and O–H groups in total. The number of rotatable bonds is 2. The Morgan fingerprint density at radius 2 is 2.00 bits per heavy atom. The zero-order chi connectivity index (χ0) is 12.6. The molecule has 0 saturated carbocycles. The lowest BCUT2D eigenvalue weighted by Gasteiger charge is -2.00. The van der Waals surface area contributed by atoms with Gasteiger partial charge in [-0.3, -0.25) is 4.79 Å². The number of fused-ring (bicyclic) bond motifs is 1. The van der Waals surface area contributed by atoms with Crippen molar-refractivity contribution in [2.45, 2.75) is 27.2 Å². The number of methoxy groups -OCH3 is 1. The number of ether oxygens (including phenoxy) is 1. The van der Waals surface area contributed by atoms with Gasteiger partial charge in [-0.2, -0.15) is 0 Å². The van der Waals surface area contributed by atoms with Crippen LogP contribution in [0.25, 0.3) is 11.0 Å². The standard InChI is InChI=1S/C14H16O3/c1-8-5-9(2)14-12(6-8)11(10(3)17-14)7-13(15)16-4/h5-6H,7H2,1-4H3. The van der Waals surface area contributed by atoms with Gasteiger partial charge in [0.05, 0.1) is 13.5 Å². The molecule has 0 unspecified atom stereocenters. The molecule has 0 radical (unpaired) electrons. The number of benzene rings is 1.